The highest BCUT2D eigenvalue weighted by Crippen LogP contribution is 2.12. The lowest BCUT2D eigenvalue weighted by Crippen LogP contribution is -2.30. The molecule has 0 aromatic carbocycles. The van der Waals surface area contributed by atoms with Crippen molar-refractivity contribution in [2.75, 3.05) is 13.2 Å². The number of esters is 3. The molecule has 6 heteroatoms. The van der Waals surface area contributed by atoms with Gasteiger partial charge in [0.05, 0.1) is 0 Å². The third-order valence-electron chi connectivity index (χ3n) is 9.02. The molecular weight excluding hydrogens is 661 g/mol. The van der Waals surface area contributed by atoms with E-state index < -0.39 is 6.10 Å². The predicted octanol–water partition coefficient (Wildman–Crippen LogP) is 13.7. The fourth-order valence-corrected chi connectivity index (χ4v) is 5.62. The van der Waals surface area contributed by atoms with Crippen LogP contribution in [-0.4, -0.2) is 37.2 Å². The van der Waals surface area contributed by atoms with E-state index in [9.17, 15) is 14.4 Å². The van der Waals surface area contributed by atoms with Crippen LogP contribution in [0.25, 0.3) is 0 Å². The molecule has 0 spiro atoms. The Morgan fingerprint density at radius 3 is 1.11 bits per heavy atom. The Balaban J connectivity index is 4.48. The van der Waals surface area contributed by atoms with Gasteiger partial charge in [-0.25, -0.2) is 0 Å². The van der Waals surface area contributed by atoms with Crippen molar-refractivity contribution in [3.05, 3.63) is 60.8 Å². The lowest BCUT2D eigenvalue weighted by Gasteiger charge is -2.18. The van der Waals surface area contributed by atoms with Crippen molar-refractivity contribution >= 4 is 17.9 Å². The molecule has 1 unspecified atom stereocenters. The standard InChI is InChI=1S/C47H80O6/c1-4-7-10-13-16-19-22-23-26-28-31-34-37-40-46(49)52-43-44(53-47(50)41-38-35-32-29-25-21-18-15-12-9-6-3)42-51-45(48)39-36-33-30-27-24-20-17-14-11-8-5-2/h14-15,17-18,20-21,23-26,44H,4-13,16,19,22,27-43H2,1-3H3/b17-14-,18-15-,24-20-,25-21-,26-23-. The van der Waals surface area contributed by atoms with Gasteiger partial charge in [0, 0.05) is 19.3 Å². The summed E-state index contributed by atoms with van der Waals surface area (Å²) in [6.07, 6.45) is 49.2. The van der Waals surface area contributed by atoms with Crippen LogP contribution in [0.3, 0.4) is 0 Å². The summed E-state index contributed by atoms with van der Waals surface area (Å²) in [4.78, 5) is 37.6. The predicted molar refractivity (Wildman–Crippen MR) is 224 cm³/mol. The lowest BCUT2D eigenvalue weighted by atomic mass is 10.1. The number of hydrogen-bond donors (Lipinski definition) is 0. The number of carbonyl (C=O) groups is 3. The van der Waals surface area contributed by atoms with Crippen molar-refractivity contribution in [2.45, 2.75) is 207 Å². The van der Waals surface area contributed by atoms with Crippen molar-refractivity contribution in [3.63, 3.8) is 0 Å². The first-order valence-corrected chi connectivity index (χ1v) is 21.8. The molecule has 0 aliphatic heterocycles. The first-order chi connectivity index (χ1) is 26.0. The van der Waals surface area contributed by atoms with Gasteiger partial charge in [-0.3, -0.25) is 14.4 Å². The van der Waals surface area contributed by atoms with E-state index in [2.05, 4.69) is 81.5 Å². The molecule has 0 bridgehead atoms. The fourth-order valence-electron chi connectivity index (χ4n) is 5.62. The first-order valence-electron chi connectivity index (χ1n) is 21.8. The maximum absolute atomic E-state index is 12.7. The molecule has 0 rings (SSSR count). The number of rotatable bonds is 38. The first kappa shape index (κ1) is 50.1. The summed E-state index contributed by atoms with van der Waals surface area (Å²) in [5.74, 6) is -0.981. The minimum absolute atomic E-state index is 0.102. The SMILES string of the molecule is CCCC/C=C\C=C/CCCCCC(=O)OCC(COC(=O)CCCCC/C=C\CCCCCCCC)OC(=O)CCCCC/C=C\C=C/CCCC. The van der Waals surface area contributed by atoms with Crippen molar-refractivity contribution in [3.8, 4) is 0 Å². The summed E-state index contributed by atoms with van der Waals surface area (Å²) in [5.41, 5.74) is 0. The highest BCUT2D eigenvalue weighted by Gasteiger charge is 2.19. The maximum Gasteiger partial charge on any atom is 0.306 e. The van der Waals surface area contributed by atoms with E-state index in [1.165, 1.54) is 64.2 Å². The second kappa shape index (κ2) is 41.9. The zero-order valence-corrected chi connectivity index (χ0v) is 34.5. The van der Waals surface area contributed by atoms with Crippen molar-refractivity contribution in [1.82, 2.24) is 0 Å². The minimum atomic E-state index is -0.801. The van der Waals surface area contributed by atoms with Gasteiger partial charge in [-0.05, 0) is 83.5 Å². The average molecular weight is 741 g/mol. The second-order valence-corrected chi connectivity index (χ2v) is 14.3. The van der Waals surface area contributed by atoms with Gasteiger partial charge in [0.25, 0.3) is 0 Å². The van der Waals surface area contributed by atoms with Crippen LogP contribution < -0.4 is 0 Å². The van der Waals surface area contributed by atoms with E-state index in [0.717, 1.165) is 96.3 Å². The Bertz CT molecular complexity index is 991. The number of ether oxygens (including phenoxy) is 3. The van der Waals surface area contributed by atoms with Crippen LogP contribution in [-0.2, 0) is 28.6 Å². The van der Waals surface area contributed by atoms with E-state index >= 15 is 0 Å². The summed E-state index contributed by atoms with van der Waals surface area (Å²) < 4.78 is 16.6. The van der Waals surface area contributed by atoms with Crippen molar-refractivity contribution < 1.29 is 28.6 Å². The molecule has 0 radical (unpaired) electrons. The van der Waals surface area contributed by atoms with Crippen LogP contribution >= 0.6 is 0 Å². The second-order valence-electron chi connectivity index (χ2n) is 14.3. The average Bonchev–Trinajstić information content (AvgIpc) is 3.15. The van der Waals surface area contributed by atoms with Crippen LogP contribution in [0.4, 0.5) is 0 Å². The fraction of sp³-hybridized carbons (Fsp3) is 0.723. The summed E-state index contributed by atoms with van der Waals surface area (Å²) in [7, 11) is 0. The summed E-state index contributed by atoms with van der Waals surface area (Å²) in [5, 5.41) is 0. The smallest absolute Gasteiger partial charge is 0.306 e. The largest absolute Gasteiger partial charge is 0.462 e. The van der Waals surface area contributed by atoms with Crippen LogP contribution in [0.2, 0.25) is 0 Å². The number of allylic oxidation sites excluding steroid dienone is 10. The minimum Gasteiger partial charge on any atom is -0.462 e. The van der Waals surface area contributed by atoms with Crippen LogP contribution in [0, 0.1) is 0 Å². The van der Waals surface area contributed by atoms with Gasteiger partial charge < -0.3 is 14.2 Å². The zero-order chi connectivity index (χ0) is 38.7. The Morgan fingerprint density at radius 1 is 0.377 bits per heavy atom. The van der Waals surface area contributed by atoms with E-state index in [1.807, 2.05) is 0 Å². The molecule has 0 aliphatic rings. The van der Waals surface area contributed by atoms with Crippen molar-refractivity contribution in [2.24, 2.45) is 0 Å². The normalized spacial score (nSPS) is 12.6. The Hall–Kier alpha value is -2.89. The van der Waals surface area contributed by atoms with Crippen molar-refractivity contribution in [1.29, 1.82) is 0 Å². The van der Waals surface area contributed by atoms with Gasteiger partial charge in [0.15, 0.2) is 6.10 Å². The van der Waals surface area contributed by atoms with Gasteiger partial charge in [-0.15, -0.1) is 0 Å². The van der Waals surface area contributed by atoms with Crippen LogP contribution in [0.1, 0.15) is 201 Å². The number of unbranched alkanes of at least 4 members (excludes halogenated alkanes) is 19. The molecule has 0 amide bonds. The van der Waals surface area contributed by atoms with E-state index in [-0.39, 0.29) is 37.5 Å². The molecule has 0 fully saturated rings. The molecule has 0 heterocycles. The van der Waals surface area contributed by atoms with E-state index in [4.69, 9.17) is 14.2 Å². The molecule has 6 nitrogen and oxygen atoms in total. The summed E-state index contributed by atoms with van der Waals surface area (Å²) >= 11 is 0. The zero-order valence-electron chi connectivity index (χ0n) is 34.5. The van der Waals surface area contributed by atoms with E-state index in [1.54, 1.807) is 0 Å². The highest BCUT2D eigenvalue weighted by atomic mass is 16.6. The van der Waals surface area contributed by atoms with Crippen LogP contribution in [0.5, 0.6) is 0 Å². The number of carbonyl (C=O) groups excluding carboxylic acids is 3. The topological polar surface area (TPSA) is 78.9 Å². The summed E-state index contributed by atoms with van der Waals surface area (Å²) in [6.45, 7) is 6.43. The molecule has 0 saturated heterocycles. The number of hydrogen-bond acceptors (Lipinski definition) is 6. The molecule has 0 N–H and O–H groups in total. The van der Waals surface area contributed by atoms with E-state index in [0.29, 0.717) is 12.8 Å². The maximum atomic E-state index is 12.7. The third-order valence-corrected chi connectivity index (χ3v) is 9.02. The summed E-state index contributed by atoms with van der Waals surface area (Å²) in [6, 6.07) is 0. The molecule has 0 aliphatic carbocycles. The van der Waals surface area contributed by atoms with Gasteiger partial charge in [0.1, 0.15) is 13.2 Å². The molecular formula is C47H80O6. The molecule has 304 valence electrons. The third kappa shape index (κ3) is 40.1. The van der Waals surface area contributed by atoms with Gasteiger partial charge >= 0.3 is 17.9 Å². The Labute approximate surface area is 326 Å². The molecule has 0 aromatic heterocycles. The van der Waals surface area contributed by atoms with Crippen LogP contribution in [0.15, 0.2) is 60.8 Å². The molecule has 53 heavy (non-hydrogen) atoms. The quantitative estimate of drug-likeness (QED) is 0.0206. The van der Waals surface area contributed by atoms with Gasteiger partial charge in [-0.2, -0.15) is 0 Å². The lowest BCUT2D eigenvalue weighted by molar-refractivity contribution is -0.167. The Morgan fingerprint density at radius 2 is 0.698 bits per heavy atom. The molecule has 0 saturated carbocycles. The Kier molecular flexibility index (Phi) is 39.6. The monoisotopic (exact) mass is 741 g/mol. The molecule has 1 atom stereocenters. The molecule has 0 aromatic rings. The van der Waals surface area contributed by atoms with Gasteiger partial charge in [0.2, 0.25) is 0 Å². The highest BCUT2D eigenvalue weighted by molar-refractivity contribution is 5.71. The van der Waals surface area contributed by atoms with Gasteiger partial charge in [-0.1, -0.05) is 159 Å².